The molecule has 2 rings (SSSR count). The second kappa shape index (κ2) is 6.28. The monoisotopic (exact) mass is 312 g/mol. The van der Waals surface area contributed by atoms with E-state index in [9.17, 15) is 4.79 Å². The Kier molecular flexibility index (Phi) is 4.88. The Hall–Kier alpha value is -0.850. The van der Waals surface area contributed by atoms with Crippen LogP contribution in [0.3, 0.4) is 0 Å². The van der Waals surface area contributed by atoms with Crippen molar-refractivity contribution in [3.05, 3.63) is 26.6 Å². The van der Waals surface area contributed by atoms with Crippen LogP contribution < -0.4 is 5.56 Å². The van der Waals surface area contributed by atoms with E-state index in [-0.39, 0.29) is 23.3 Å². The van der Waals surface area contributed by atoms with Crippen LogP contribution in [-0.4, -0.2) is 27.4 Å². The quantitative estimate of drug-likeness (QED) is 0.890. The molecule has 0 bridgehead atoms. The number of aromatic amines is 1. The molecule has 0 saturated heterocycles. The number of thioether (sulfide) groups is 1. The maximum Gasteiger partial charge on any atom is 0.259 e. The normalized spacial score (nSPS) is 14.7. The van der Waals surface area contributed by atoms with Crippen molar-refractivity contribution in [1.29, 1.82) is 0 Å². The van der Waals surface area contributed by atoms with Crippen LogP contribution in [0, 0.1) is 19.8 Å². The molecule has 6 heteroatoms. The van der Waals surface area contributed by atoms with Crippen molar-refractivity contribution < 1.29 is 5.11 Å². The van der Waals surface area contributed by atoms with E-state index in [1.807, 2.05) is 27.7 Å². The highest BCUT2D eigenvalue weighted by Gasteiger charge is 2.16. The molecule has 2 unspecified atom stereocenters. The molecule has 110 valence electrons. The highest BCUT2D eigenvalue weighted by atomic mass is 32.2. The lowest BCUT2D eigenvalue weighted by atomic mass is 10.2. The molecule has 0 radical (unpaired) electrons. The number of H-pyrrole nitrogens is 1. The van der Waals surface area contributed by atoms with Crippen molar-refractivity contribution in [2.45, 2.75) is 32.9 Å². The van der Waals surface area contributed by atoms with Gasteiger partial charge in [-0.15, -0.1) is 11.3 Å². The zero-order valence-corrected chi connectivity index (χ0v) is 13.8. The second-order valence-electron chi connectivity index (χ2n) is 5.18. The minimum atomic E-state index is -0.0468. The Morgan fingerprint density at radius 1 is 1.40 bits per heavy atom. The predicted molar refractivity (Wildman–Crippen MR) is 86.8 cm³/mol. The number of nitrogens with one attached hydrogen (secondary N) is 1. The number of hydrogen-bond donors (Lipinski definition) is 2. The summed E-state index contributed by atoms with van der Waals surface area (Å²) >= 11 is 3.28. The molecular weight excluding hydrogens is 292 g/mol. The summed E-state index contributed by atoms with van der Waals surface area (Å²) in [5.41, 5.74) is 0.981. The highest BCUT2D eigenvalue weighted by Crippen LogP contribution is 2.30. The van der Waals surface area contributed by atoms with E-state index >= 15 is 0 Å². The lowest BCUT2D eigenvalue weighted by molar-refractivity contribution is 0.250. The average molecular weight is 312 g/mol. The maximum atomic E-state index is 12.2. The summed E-state index contributed by atoms with van der Waals surface area (Å²) in [7, 11) is 0. The number of fused-ring (bicyclic) bond motifs is 1. The molecule has 2 aromatic rings. The third-order valence-electron chi connectivity index (χ3n) is 3.38. The van der Waals surface area contributed by atoms with Crippen LogP contribution in [0.5, 0.6) is 0 Å². The van der Waals surface area contributed by atoms with Gasteiger partial charge in [-0.1, -0.05) is 6.92 Å². The van der Waals surface area contributed by atoms with Gasteiger partial charge in [-0.05, 0) is 38.0 Å². The first-order valence-electron chi connectivity index (χ1n) is 6.66. The van der Waals surface area contributed by atoms with Crippen LogP contribution in [0.1, 0.15) is 35.4 Å². The standard InChI is InChI=1S/C14H20N2O2S2/c1-7(5-17)6-19-10(4)12-15-13(18)11-8(2)9(3)20-14(11)16-12/h7,10,17H,5-6H2,1-4H3,(H,15,16,18). The Morgan fingerprint density at radius 3 is 2.75 bits per heavy atom. The lowest BCUT2D eigenvalue weighted by Gasteiger charge is -2.13. The van der Waals surface area contributed by atoms with Crippen LogP contribution in [0.25, 0.3) is 10.2 Å². The van der Waals surface area contributed by atoms with Gasteiger partial charge < -0.3 is 10.1 Å². The van der Waals surface area contributed by atoms with Gasteiger partial charge >= 0.3 is 0 Å². The number of thiophene rings is 1. The van der Waals surface area contributed by atoms with Gasteiger partial charge in [0.05, 0.1) is 10.6 Å². The van der Waals surface area contributed by atoms with Gasteiger partial charge in [0.1, 0.15) is 10.7 Å². The fourth-order valence-corrected chi connectivity index (χ4v) is 3.93. The minimum absolute atomic E-state index is 0.0468. The topological polar surface area (TPSA) is 66.0 Å². The molecule has 2 N–H and O–H groups in total. The molecule has 0 fully saturated rings. The van der Waals surface area contributed by atoms with E-state index < -0.39 is 0 Å². The summed E-state index contributed by atoms with van der Waals surface area (Å²) in [5.74, 6) is 1.82. The number of rotatable bonds is 5. The van der Waals surface area contributed by atoms with Crippen molar-refractivity contribution in [1.82, 2.24) is 9.97 Å². The Bertz CT molecular complexity index is 663. The van der Waals surface area contributed by atoms with Crippen molar-refractivity contribution >= 4 is 33.3 Å². The maximum absolute atomic E-state index is 12.2. The van der Waals surface area contributed by atoms with Crippen molar-refractivity contribution in [2.75, 3.05) is 12.4 Å². The molecule has 4 nitrogen and oxygen atoms in total. The number of aliphatic hydroxyl groups excluding tert-OH is 1. The van der Waals surface area contributed by atoms with Gasteiger partial charge in [0, 0.05) is 11.5 Å². The third-order valence-corrected chi connectivity index (χ3v) is 5.97. The molecule has 0 saturated carbocycles. The third kappa shape index (κ3) is 3.07. The molecule has 0 aliphatic heterocycles. The first-order chi connectivity index (χ1) is 9.43. The van der Waals surface area contributed by atoms with Gasteiger partial charge in [0.2, 0.25) is 0 Å². The molecule has 2 aromatic heterocycles. The van der Waals surface area contributed by atoms with Crippen LogP contribution in [0.2, 0.25) is 0 Å². The van der Waals surface area contributed by atoms with Gasteiger partial charge in [0.25, 0.3) is 5.56 Å². The molecule has 0 aromatic carbocycles. The van der Waals surface area contributed by atoms with Gasteiger partial charge in [-0.3, -0.25) is 4.79 Å². The first kappa shape index (κ1) is 15.5. The molecule has 2 atom stereocenters. The minimum Gasteiger partial charge on any atom is -0.396 e. The Morgan fingerprint density at radius 2 is 2.10 bits per heavy atom. The van der Waals surface area contributed by atoms with Crippen molar-refractivity contribution in [3.63, 3.8) is 0 Å². The summed E-state index contributed by atoms with van der Waals surface area (Å²) in [6.45, 7) is 8.21. The van der Waals surface area contributed by atoms with E-state index in [2.05, 4.69) is 9.97 Å². The van der Waals surface area contributed by atoms with Crippen molar-refractivity contribution in [2.24, 2.45) is 5.92 Å². The smallest absolute Gasteiger partial charge is 0.259 e. The van der Waals surface area contributed by atoms with E-state index in [1.165, 1.54) is 0 Å². The summed E-state index contributed by atoms with van der Waals surface area (Å²) in [6, 6.07) is 0. The fourth-order valence-electron chi connectivity index (χ4n) is 1.90. The van der Waals surface area contributed by atoms with E-state index in [0.717, 1.165) is 32.2 Å². The molecule has 2 heterocycles. The average Bonchev–Trinajstić information content (AvgIpc) is 2.71. The summed E-state index contributed by atoms with van der Waals surface area (Å²) in [6.07, 6.45) is 0. The molecule has 0 aliphatic rings. The van der Waals surface area contributed by atoms with E-state index in [4.69, 9.17) is 5.11 Å². The molecule has 0 spiro atoms. The van der Waals surface area contributed by atoms with Crippen LogP contribution in [-0.2, 0) is 0 Å². The lowest BCUT2D eigenvalue weighted by Crippen LogP contribution is -2.13. The second-order valence-corrected chi connectivity index (χ2v) is 7.75. The molecule has 20 heavy (non-hydrogen) atoms. The first-order valence-corrected chi connectivity index (χ1v) is 8.53. The fraction of sp³-hybridized carbons (Fsp3) is 0.571. The van der Waals surface area contributed by atoms with E-state index in [1.54, 1.807) is 23.1 Å². The Labute approximate surface area is 126 Å². The van der Waals surface area contributed by atoms with Gasteiger partial charge in [0.15, 0.2) is 0 Å². The highest BCUT2D eigenvalue weighted by molar-refractivity contribution is 7.99. The zero-order chi connectivity index (χ0) is 14.9. The summed E-state index contributed by atoms with van der Waals surface area (Å²) in [5, 5.41) is 9.89. The zero-order valence-electron chi connectivity index (χ0n) is 12.2. The number of nitrogens with zero attached hydrogens (tertiary/aromatic N) is 1. The van der Waals surface area contributed by atoms with Crippen LogP contribution in [0.4, 0.5) is 0 Å². The predicted octanol–water partition coefficient (Wildman–Crippen LogP) is 3.02. The number of aliphatic hydroxyl groups is 1. The van der Waals surface area contributed by atoms with Gasteiger partial charge in [-0.25, -0.2) is 4.98 Å². The summed E-state index contributed by atoms with van der Waals surface area (Å²) < 4.78 is 0. The molecular formula is C14H20N2O2S2. The van der Waals surface area contributed by atoms with E-state index in [0.29, 0.717) is 0 Å². The molecule has 0 aliphatic carbocycles. The SMILES string of the molecule is Cc1sc2nc(C(C)SCC(C)CO)[nH]c(=O)c2c1C. The Balaban J connectivity index is 2.29. The molecule has 0 amide bonds. The van der Waals surface area contributed by atoms with Gasteiger partial charge in [-0.2, -0.15) is 11.8 Å². The van der Waals surface area contributed by atoms with Crippen molar-refractivity contribution in [3.8, 4) is 0 Å². The number of aryl methyl sites for hydroxylation is 2. The van der Waals surface area contributed by atoms with Crippen LogP contribution in [0.15, 0.2) is 4.79 Å². The number of aromatic nitrogens is 2. The summed E-state index contributed by atoms with van der Waals surface area (Å²) in [4.78, 5) is 21.7. The largest absolute Gasteiger partial charge is 0.396 e. The van der Waals surface area contributed by atoms with Crippen LogP contribution >= 0.6 is 23.1 Å². The number of hydrogen-bond acceptors (Lipinski definition) is 5.